The van der Waals surface area contributed by atoms with E-state index >= 15 is 0 Å². The second-order valence-electron chi connectivity index (χ2n) is 8.09. The topological polar surface area (TPSA) is 46.2 Å². The Hall–Kier alpha value is -0.0800. The molecule has 0 amide bonds. The lowest BCUT2D eigenvalue weighted by atomic mass is 9.49. The largest absolute Gasteiger partial charge is 0.389 e. The van der Waals surface area contributed by atoms with Crippen molar-refractivity contribution in [3.63, 3.8) is 0 Å². The molecule has 2 aliphatic carbocycles. The minimum Gasteiger partial charge on any atom is -0.389 e. The van der Waals surface area contributed by atoms with Crippen LogP contribution in [-0.4, -0.2) is 17.3 Å². The van der Waals surface area contributed by atoms with E-state index in [1.54, 1.807) is 0 Å². The molecule has 106 valence electrons. The Labute approximate surface area is 112 Å². The van der Waals surface area contributed by atoms with Gasteiger partial charge in [-0.15, -0.1) is 0 Å². The van der Waals surface area contributed by atoms with Crippen LogP contribution in [0.4, 0.5) is 0 Å². The van der Waals surface area contributed by atoms with Gasteiger partial charge in [-0.05, 0) is 55.8 Å². The van der Waals surface area contributed by atoms with Gasteiger partial charge < -0.3 is 10.8 Å². The Bertz CT molecular complexity index is 292. The van der Waals surface area contributed by atoms with E-state index in [2.05, 4.69) is 27.7 Å². The van der Waals surface area contributed by atoms with Crippen molar-refractivity contribution < 1.29 is 5.11 Å². The van der Waals surface area contributed by atoms with Gasteiger partial charge in [0.15, 0.2) is 0 Å². The Morgan fingerprint density at radius 2 is 1.61 bits per heavy atom. The van der Waals surface area contributed by atoms with Gasteiger partial charge in [0.25, 0.3) is 0 Å². The molecule has 0 bridgehead atoms. The molecule has 2 aliphatic rings. The van der Waals surface area contributed by atoms with Crippen LogP contribution in [0.5, 0.6) is 0 Å². The van der Waals surface area contributed by atoms with Gasteiger partial charge in [0.2, 0.25) is 0 Å². The molecule has 3 N–H and O–H groups in total. The molecule has 0 aliphatic heterocycles. The van der Waals surface area contributed by atoms with Gasteiger partial charge in [0, 0.05) is 12.0 Å². The summed E-state index contributed by atoms with van der Waals surface area (Å²) in [6.07, 6.45) is 6.58. The SMILES string of the molecule is CC(C)C1CC(O)(C2(CN)CCC(C)(C)CC2)C1. The summed E-state index contributed by atoms with van der Waals surface area (Å²) in [5.74, 6) is 1.40. The van der Waals surface area contributed by atoms with Gasteiger partial charge in [-0.25, -0.2) is 0 Å². The monoisotopic (exact) mass is 253 g/mol. The summed E-state index contributed by atoms with van der Waals surface area (Å²) >= 11 is 0. The maximum absolute atomic E-state index is 11.0. The Morgan fingerprint density at radius 1 is 1.11 bits per heavy atom. The van der Waals surface area contributed by atoms with Crippen LogP contribution in [0.25, 0.3) is 0 Å². The molecule has 0 aromatic carbocycles. The number of rotatable bonds is 3. The van der Waals surface area contributed by atoms with Crippen LogP contribution >= 0.6 is 0 Å². The Balaban J connectivity index is 2.06. The van der Waals surface area contributed by atoms with Gasteiger partial charge in [-0.2, -0.15) is 0 Å². The zero-order chi connectivity index (χ0) is 13.6. The Morgan fingerprint density at radius 3 is 2.00 bits per heavy atom. The van der Waals surface area contributed by atoms with E-state index in [1.165, 1.54) is 12.8 Å². The average Bonchev–Trinajstić information content (AvgIpc) is 2.25. The third-order valence-electron chi connectivity index (χ3n) is 6.08. The molecule has 2 heteroatoms. The van der Waals surface area contributed by atoms with Crippen molar-refractivity contribution in [3.05, 3.63) is 0 Å². The first-order valence-electron chi connectivity index (χ1n) is 7.66. The molecular formula is C16H31NO. The molecule has 2 saturated carbocycles. The highest BCUT2D eigenvalue weighted by molar-refractivity contribution is 5.10. The van der Waals surface area contributed by atoms with E-state index in [0.717, 1.165) is 25.7 Å². The lowest BCUT2D eigenvalue weighted by Gasteiger charge is -2.59. The molecule has 2 nitrogen and oxygen atoms in total. The van der Waals surface area contributed by atoms with Gasteiger partial charge >= 0.3 is 0 Å². The van der Waals surface area contributed by atoms with Gasteiger partial charge in [-0.3, -0.25) is 0 Å². The predicted molar refractivity (Wildman–Crippen MR) is 76.2 cm³/mol. The molecule has 0 aromatic heterocycles. The summed E-state index contributed by atoms with van der Waals surface area (Å²) in [6, 6.07) is 0. The number of aliphatic hydroxyl groups is 1. The fourth-order valence-corrected chi connectivity index (χ4v) is 3.98. The third-order valence-corrected chi connectivity index (χ3v) is 6.08. The second kappa shape index (κ2) is 4.49. The summed E-state index contributed by atoms with van der Waals surface area (Å²) in [6.45, 7) is 9.88. The van der Waals surface area contributed by atoms with Crippen molar-refractivity contribution in [2.75, 3.05) is 6.54 Å². The van der Waals surface area contributed by atoms with E-state index in [4.69, 9.17) is 5.73 Å². The standard InChI is InChI=1S/C16H31NO/c1-12(2)13-9-16(18,10-13)15(11-17)7-5-14(3,4)6-8-15/h12-13,18H,5-11,17H2,1-4H3. The van der Waals surface area contributed by atoms with Crippen LogP contribution in [-0.2, 0) is 0 Å². The second-order valence-corrected chi connectivity index (χ2v) is 8.09. The normalized spacial score (nSPS) is 38.5. The zero-order valence-corrected chi connectivity index (χ0v) is 12.6. The predicted octanol–water partition coefficient (Wildman–Crippen LogP) is 3.33. The first kappa shape index (κ1) is 14.3. The van der Waals surface area contributed by atoms with Crippen molar-refractivity contribution >= 4 is 0 Å². The zero-order valence-electron chi connectivity index (χ0n) is 12.6. The van der Waals surface area contributed by atoms with Crippen molar-refractivity contribution in [1.29, 1.82) is 0 Å². The summed E-state index contributed by atoms with van der Waals surface area (Å²) in [4.78, 5) is 0. The van der Waals surface area contributed by atoms with E-state index < -0.39 is 5.60 Å². The van der Waals surface area contributed by atoms with E-state index in [9.17, 15) is 5.11 Å². The molecule has 2 fully saturated rings. The fraction of sp³-hybridized carbons (Fsp3) is 1.00. The molecule has 0 aromatic rings. The number of hydrogen-bond acceptors (Lipinski definition) is 2. The minimum absolute atomic E-state index is 0.00785. The van der Waals surface area contributed by atoms with E-state index in [1.807, 2.05) is 0 Å². The fourth-order valence-electron chi connectivity index (χ4n) is 3.98. The summed E-state index contributed by atoms with van der Waals surface area (Å²) in [7, 11) is 0. The van der Waals surface area contributed by atoms with Crippen LogP contribution in [0, 0.1) is 22.7 Å². The van der Waals surface area contributed by atoms with E-state index in [0.29, 0.717) is 23.8 Å². The summed E-state index contributed by atoms with van der Waals surface area (Å²) < 4.78 is 0. The maximum atomic E-state index is 11.0. The highest BCUT2D eigenvalue weighted by atomic mass is 16.3. The minimum atomic E-state index is -0.465. The van der Waals surface area contributed by atoms with Crippen LogP contribution in [0.1, 0.15) is 66.2 Å². The molecule has 0 radical (unpaired) electrons. The smallest absolute Gasteiger partial charge is 0.0721 e. The quantitative estimate of drug-likeness (QED) is 0.810. The van der Waals surface area contributed by atoms with Crippen molar-refractivity contribution in [2.24, 2.45) is 28.4 Å². The van der Waals surface area contributed by atoms with Gasteiger partial charge in [-0.1, -0.05) is 27.7 Å². The van der Waals surface area contributed by atoms with E-state index in [-0.39, 0.29) is 5.41 Å². The molecule has 18 heavy (non-hydrogen) atoms. The first-order chi connectivity index (χ1) is 8.24. The summed E-state index contributed by atoms with van der Waals surface area (Å²) in [5.41, 5.74) is 6.07. The summed E-state index contributed by atoms with van der Waals surface area (Å²) in [5, 5.41) is 11.0. The van der Waals surface area contributed by atoms with Crippen LogP contribution < -0.4 is 5.73 Å². The third kappa shape index (κ3) is 2.22. The number of nitrogens with two attached hydrogens (primary N) is 1. The van der Waals surface area contributed by atoms with Gasteiger partial charge in [0.05, 0.1) is 5.60 Å². The highest BCUT2D eigenvalue weighted by Gasteiger charge is 2.58. The first-order valence-corrected chi connectivity index (χ1v) is 7.66. The highest BCUT2D eigenvalue weighted by Crippen LogP contribution is 2.59. The van der Waals surface area contributed by atoms with Crippen molar-refractivity contribution in [3.8, 4) is 0 Å². The molecule has 0 heterocycles. The Kier molecular flexibility index (Phi) is 3.57. The van der Waals surface area contributed by atoms with Crippen LogP contribution in [0.15, 0.2) is 0 Å². The molecule has 0 unspecified atom stereocenters. The maximum Gasteiger partial charge on any atom is 0.0721 e. The number of hydrogen-bond donors (Lipinski definition) is 2. The average molecular weight is 253 g/mol. The molecule has 2 rings (SSSR count). The van der Waals surface area contributed by atoms with Crippen LogP contribution in [0.3, 0.4) is 0 Å². The molecule has 0 atom stereocenters. The molecule has 0 spiro atoms. The van der Waals surface area contributed by atoms with Gasteiger partial charge in [0.1, 0.15) is 0 Å². The molecular weight excluding hydrogens is 222 g/mol. The lowest BCUT2D eigenvalue weighted by molar-refractivity contribution is -0.190. The van der Waals surface area contributed by atoms with Crippen molar-refractivity contribution in [2.45, 2.75) is 71.8 Å². The van der Waals surface area contributed by atoms with Crippen LogP contribution in [0.2, 0.25) is 0 Å². The van der Waals surface area contributed by atoms with Crippen molar-refractivity contribution in [1.82, 2.24) is 0 Å². The molecule has 0 saturated heterocycles. The lowest BCUT2D eigenvalue weighted by Crippen LogP contribution is -2.62.